The summed E-state index contributed by atoms with van der Waals surface area (Å²) in [5, 5.41) is 0.798. The maximum atomic E-state index is 5.99. The molecule has 0 spiro atoms. The molecule has 0 heterocycles. The van der Waals surface area contributed by atoms with E-state index in [0.29, 0.717) is 6.54 Å². The van der Waals surface area contributed by atoms with Gasteiger partial charge in [-0.3, -0.25) is 4.90 Å². The van der Waals surface area contributed by atoms with Crippen LogP contribution in [0.2, 0.25) is 5.02 Å². The van der Waals surface area contributed by atoms with Crippen LogP contribution in [-0.4, -0.2) is 18.5 Å². The molecule has 0 aliphatic rings. The van der Waals surface area contributed by atoms with Crippen molar-refractivity contribution in [3.8, 4) is 12.3 Å². The van der Waals surface area contributed by atoms with Gasteiger partial charge in [0.15, 0.2) is 0 Å². The molecule has 0 fully saturated rings. The zero-order valence-electron chi connectivity index (χ0n) is 7.63. The smallest absolute Gasteiger partial charge is 0.0599 e. The molecule has 1 aromatic carbocycles. The van der Waals surface area contributed by atoms with Crippen molar-refractivity contribution in [2.24, 2.45) is 0 Å². The van der Waals surface area contributed by atoms with Gasteiger partial charge in [-0.25, -0.2) is 0 Å². The number of hydrogen-bond acceptors (Lipinski definition) is 1. The zero-order chi connectivity index (χ0) is 9.68. The number of halogens is 1. The summed E-state index contributed by atoms with van der Waals surface area (Å²) in [4.78, 5) is 2.04. The third-order valence-electron chi connectivity index (χ3n) is 1.76. The third-order valence-corrected chi connectivity index (χ3v) is 2.13. The highest BCUT2D eigenvalue weighted by molar-refractivity contribution is 6.31. The van der Waals surface area contributed by atoms with Crippen molar-refractivity contribution in [3.63, 3.8) is 0 Å². The van der Waals surface area contributed by atoms with Crippen LogP contribution >= 0.6 is 11.6 Å². The highest BCUT2D eigenvalue weighted by Gasteiger charge is 2.01. The highest BCUT2D eigenvalue weighted by atomic mass is 35.5. The molecule has 0 radical (unpaired) electrons. The lowest BCUT2D eigenvalue weighted by Gasteiger charge is -2.13. The van der Waals surface area contributed by atoms with E-state index in [1.165, 1.54) is 0 Å². The van der Waals surface area contributed by atoms with E-state index < -0.39 is 0 Å². The third kappa shape index (κ3) is 3.10. The maximum absolute atomic E-state index is 5.99. The second kappa shape index (κ2) is 4.91. The minimum absolute atomic E-state index is 0.644. The number of rotatable bonds is 3. The second-order valence-corrected chi connectivity index (χ2v) is 3.38. The predicted octanol–water partition coefficient (Wildman–Crippen LogP) is 2.41. The Bertz CT molecular complexity index is 314. The van der Waals surface area contributed by atoms with Gasteiger partial charge in [0.25, 0.3) is 0 Å². The summed E-state index contributed by atoms with van der Waals surface area (Å²) in [5.41, 5.74) is 1.11. The summed E-state index contributed by atoms with van der Waals surface area (Å²) in [6.45, 7) is 1.44. The molecule has 0 aliphatic carbocycles. The summed E-state index contributed by atoms with van der Waals surface area (Å²) >= 11 is 5.99. The Morgan fingerprint density at radius 1 is 1.46 bits per heavy atom. The van der Waals surface area contributed by atoms with Gasteiger partial charge in [0, 0.05) is 11.6 Å². The SMILES string of the molecule is C#CCN(C)Cc1ccccc1Cl. The van der Waals surface area contributed by atoms with E-state index in [1.54, 1.807) is 0 Å². The van der Waals surface area contributed by atoms with E-state index >= 15 is 0 Å². The standard InChI is InChI=1S/C11H12ClN/c1-3-8-13(2)9-10-6-4-5-7-11(10)12/h1,4-7H,8-9H2,2H3. The normalized spacial score (nSPS) is 10.0. The molecule has 68 valence electrons. The van der Waals surface area contributed by atoms with Crippen molar-refractivity contribution < 1.29 is 0 Å². The van der Waals surface area contributed by atoms with Gasteiger partial charge in [-0.15, -0.1) is 6.42 Å². The van der Waals surface area contributed by atoms with Gasteiger partial charge in [-0.05, 0) is 18.7 Å². The fourth-order valence-electron chi connectivity index (χ4n) is 1.13. The lowest BCUT2D eigenvalue weighted by atomic mass is 10.2. The van der Waals surface area contributed by atoms with Crippen LogP contribution in [0.5, 0.6) is 0 Å². The molecule has 0 aromatic heterocycles. The van der Waals surface area contributed by atoms with Crippen LogP contribution in [0.4, 0.5) is 0 Å². The van der Waals surface area contributed by atoms with Crippen molar-refractivity contribution in [1.29, 1.82) is 0 Å². The molecule has 0 amide bonds. The highest BCUT2D eigenvalue weighted by Crippen LogP contribution is 2.15. The molecule has 1 nitrogen and oxygen atoms in total. The van der Waals surface area contributed by atoms with E-state index in [9.17, 15) is 0 Å². The van der Waals surface area contributed by atoms with Gasteiger partial charge in [-0.1, -0.05) is 35.7 Å². The van der Waals surface area contributed by atoms with Crippen LogP contribution in [0.1, 0.15) is 5.56 Å². The first-order chi connectivity index (χ1) is 6.24. The molecule has 0 aliphatic heterocycles. The lowest BCUT2D eigenvalue weighted by molar-refractivity contribution is 0.369. The molecule has 0 atom stereocenters. The maximum Gasteiger partial charge on any atom is 0.0599 e. The van der Waals surface area contributed by atoms with Crippen LogP contribution in [-0.2, 0) is 6.54 Å². The Hall–Kier alpha value is -0.970. The van der Waals surface area contributed by atoms with Crippen LogP contribution in [0.25, 0.3) is 0 Å². The Kier molecular flexibility index (Phi) is 3.82. The van der Waals surface area contributed by atoms with Crippen molar-refractivity contribution in [1.82, 2.24) is 4.90 Å². The average molecular weight is 194 g/mol. The molecule has 1 aromatic rings. The Morgan fingerprint density at radius 2 is 2.15 bits per heavy atom. The van der Waals surface area contributed by atoms with Gasteiger partial charge in [0.2, 0.25) is 0 Å². The zero-order valence-corrected chi connectivity index (χ0v) is 8.38. The molecular formula is C11H12ClN. The summed E-state index contributed by atoms with van der Waals surface area (Å²) in [5.74, 6) is 2.59. The Labute approximate surface area is 84.3 Å². The van der Waals surface area contributed by atoms with E-state index in [2.05, 4.69) is 5.92 Å². The van der Waals surface area contributed by atoms with E-state index in [-0.39, 0.29) is 0 Å². The largest absolute Gasteiger partial charge is 0.291 e. The van der Waals surface area contributed by atoms with Gasteiger partial charge in [0.1, 0.15) is 0 Å². The lowest BCUT2D eigenvalue weighted by Crippen LogP contribution is -2.17. The number of nitrogens with zero attached hydrogens (tertiary/aromatic N) is 1. The average Bonchev–Trinajstić information content (AvgIpc) is 2.09. The van der Waals surface area contributed by atoms with Crippen molar-refractivity contribution in [2.75, 3.05) is 13.6 Å². The second-order valence-electron chi connectivity index (χ2n) is 2.97. The van der Waals surface area contributed by atoms with Crippen molar-refractivity contribution in [2.45, 2.75) is 6.54 Å². The number of benzene rings is 1. The Balaban J connectivity index is 2.64. The van der Waals surface area contributed by atoms with Crippen molar-refractivity contribution >= 4 is 11.6 Å². The first-order valence-corrected chi connectivity index (χ1v) is 4.47. The molecule has 13 heavy (non-hydrogen) atoms. The number of hydrogen-bond donors (Lipinski definition) is 0. The minimum atomic E-state index is 0.644. The summed E-state index contributed by atoms with van der Waals surface area (Å²) < 4.78 is 0. The van der Waals surface area contributed by atoms with Crippen LogP contribution < -0.4 is 0 Å². The van der Waals surface area contributed by atoms with E-state index in [0.717, 1.165) is 17.1 Å². The molecule has 2 heteroatoms. The van der Waals surface area contributed by atoms with Gasteiger partial charge >= 0.3 is 0 Å². The molecule has 0 unspecified atom stereocenters. The molecule has 0 N–H and O–H groups in total. The summed E-state index contributed by atoms with van der Waals surface area (Å²) in [7, 11) is 1.98. The van der Waals surface area contributed by atoms with Gasteiger partial charge in [0.05, 0.1) is 6.54 Å². The van der Waals surface area contributed by atoms with Crippen LogP contribution in [0.3, 0.4) is 0 Å². The minimum Gasteiger partial charge on any atom is -0.291 e. The molecule has 1 rings (SSSR count). The monoisotopic (exact) mass is 193 g/mol. The first kappa shape index (κ1) is 10.1. The van der Waals surface area contributed by atoms with Crippen LogP contribution in [0, 0.1) is 12.3 Å². The molecule has 0 bridgehead atoms. The number of terminal acetylenes is 1. The summed E-state index contributed by atoms with van der Waals surface area (Å²) in [6.07, 6.45) is 5.20. The predicted molar refractivity (Wildman–Crippen MR) is 56.6 cm³/mol. The fourth-order valence-corrected chi connectivity index (χ4v) is 1.32. The van der Waals surface area contributed by atoms with E-state index in [4.69, 9.17) is 18.0 Å². The molecule has 0 saturated carbocycles. The molecular weight excluding hydrogens is 182 g/mol. The fraction of sp³-hybridized carbons (Fsp3) is 0.273. The first-order valence-electron chi connectivity index (χ1n) is 4.09. The van der Waals surface area contributed by atoms with Gasteiger partial charge < -0.3 is 0 Å². The topological polar surface area (TPSA) is 3.24 Å². The quantitative estimate of drug-likeness (QED) is 0.667. The molecule has 0 saturated heterocycles. The van der Waals surface area contributed by atoms with Crippen molar-refractivity contribution in [3.05, 3.63) is 34.9 Å². The van der Waals surface area contributed by atoms with E-state index in [1.807, 2.05) is 36.2 Å². The van der Waals surface area contributed by atoms with Crippen LogP contribution in [0.15, 0.2) is 24.3 Å². The Morgan fingerprint density at radius 3 is 2.77 bits per heavy atom. The van der Waals surface area contributed by atoms with Gasteiger partial charge in [-0.2, -0.15) is 0 Å². The summed E-state index contributed by atoms with van der Waals surface area (Å²) in [6, 6.07) is 7.80.